The maximum atomic E-state index is 12.1. The highest BCUT2D eigenvalue weighted by molar-refractivity contribution is 5.67. The van der Waals surface area contributed by atoms with Gasteiger partial charge in [-0.25, -0.2) is 4.79 Å². The number of carbonyl (C=O) groups excluding carboxylic acids is 1. The van der Waals surface area contributed by atoms with Crippen LogP contribution in [0.3, 0.4) is 0 Å². The fourth-order valence-corrected chi connectivity index (χ4v) is 6.08. The fourth-order valence-electron chi connectivity index (χ4n) is 6.08. The van der Waals surface area contributed by atoms with Crippen LogP contribution in [-0.4, -0.2) is 23.7 Å². The van der Waals surface area contributed by atoms with Crippen LogP contribution < -0.4 is 5.32 Å². The van der Waals surface area contributed by atoms with Gasteiger partial charge in [0.25, 0.3) is 0 Å². The van der Waals surface area contributed by atoms with E-state index in [1.165, 1.54) is 19.3 Å². The molecule has 2 N–H and O–H groups in total. The average Bonchev–Trinajstić information content (AvgIpc) is 2.61. The van der Waals surface area contributed by atoms with Crippen molar-refractivity contribution in [2.45, 2.75) is 45.1 Å². The van der Waals surface area contributed by atoms with E-state index in [1.807, 2.05) is 30.3 Å². The van der Waals surface area contributed by atoms with Gasteiger partial charge in [-0.1, -0.05) is 30.3 Å². The minimum Gasteiger partial charge on any atom is -0.481 e. The zero-order valence-electron chi connectivity index (χ0n) is 15.0. The van der Waals surface area contributed by atoms with E-state index in [4.69, 9.17) is 4.74 Å². The third-order valence-corrected chi connectivity index (χ3v) is 6.83. The normalized spacial score (nSPS) is 34.5. The molecule has 140 valence electrons. The first-order chi connectivity index (χ1) is 12.5. The van der Waals surface area contributed by atoms with Crippen LogP contribution in [0.1, 0.15) is 44.1 Å². The first kappa shape index (κ1) is 17.4. The lowest BCUT2D eigenvalue weighted by Gasteiger charge is -2.60. The maximum absolute atomic E-state index is 12.1. The Kier molecular flexibility index (Phi) is 4.63. The third kappa shape index (κ3) is 3.57. The van der Waals surface area contributed by atoms with Crippen molar-refractivity contribution in [3.05, 3.63) is 35.9 Å². The van der Waals surface area contributed by atoms with E-state index >= 15 is 0 Å². The van der Waals surface area contributed by atoms with Crippen molar-refractivity contribution in [2.75, 3.05) is 6.54 Å². The number of carbonyl (C=O) groups is 2. The molecule has 4 aliphatic carbocycles. The Balaban J connectivity index is 1.31. The average molecular weight is 357 g/mol. The largest absolute Gasteiger partial charge is 0.481 e. The Hall–Kier alpha value is -2.04. The fraction of sp³-hybridized carbons (Fsp3) is 0.619. The van der Waals surface area contributed by atoms with Crippen molar-refractivity contribution in [3.63, 3.8) is 0 Å². The molecule has 4 aliphatic rings. The zero-order valence-corrected chi connectivity index (χ0v) is 15.0. The lowest BCUT2D eigenvalue weighted by atomic mass is 9.46. The van der Waals surface area contributed by atoms with Crippen LogP contribution in [0.5, 0.6) is 0 Å². The summed E-state index contributed by atoms with van der Waals surface area (Å²) in [5.74, 6) is 1.40. The number of nitrogens with one attached hydrogen (secondary N) is 1. The molecule has 4 saturated carbocycles. The Morgan fingerprint density at radius 3 is 2.46 bits per heavy atom. The van der Waals surface area contributed by atoms with Crippen LogP contribution in [0, 0.1) is 29.1 Å². The molecule has 26 heavy (non-hydrogen) atoms. The van der Waals surface area contributed by atoms with E-state index in [2.05, 4.69) is 5.32 Å². The number of hydrogen-bond acceptors (Lipinski definition) is 3. The Morgan fingerprint density at radius 1 is 1.12 bits per heavy atom. The summed E-state index contributed by atoms with van der Waals surface area (Å²) in [7, 11) is 0. The molecular formula is C21H27NO4. The highest BCUT2D eigenvalue weighted by Gasteiger charge is 2.55. The number of carboxylic acid groups (broad SMARTS) is 1. The molecule has 5 heteroatoms. The van der Waals surface area contributed by atoms with Crippen LogP contribution in [-0.2, 0) is 16.1 Å². The molecule has 1 amide bonds. The predicted molar refractivity (Wildman–Crippen MR) is 96.4 cm³/mol. The van der Waals surface area contributed by atoms with Crippen molar-refractivity contribution in [1.29, 1.82) is 0 Å². The van der Waals surface area contributed by atoms with Crippen molar-refractivity contribution in [2.24, 2.45) is 29.1 Å². The van der Waals surface area contributed by atoms with Gasteiger partial charge in [-0.2, -0.15) is 0 Å². The molecule has 5 nitrogen and oxygen atoms in total. The molecular weight excluding hydrogens is 330 g/mol. The minimum absolute atomic E-state index is 0.150. The van der Waals surface area contributed by atoms with Gasteiger partial charge in [0.15, 0.2) is 0 Å². The van der Waals surface area contributed by atoms with E-state index in [-0.39, 0.29) is 18.1 Å². The van der Waals surface area contributed by atoms with Crippen LogP contribution >= 0.6 is 0 Å². The van der Waals surface area contributed by atoms with Crippen LogP contribution in [0.25, 0.3) is 0 Å². The lowest BCUT2D eigenvalue weighted by Crippen LogP contribution is -2.55. The monoisotopic (exact) mass is 357 g/mol. The van der Waals surface area contributed by atoms with Crippen molar-refractivity contribution < 1.29 is 19.4 Å². The van der Waals surface area contributed by atoms with Crippen molar-refractivity contribution in [3.8, 4) is 0 Å². The number of ether oxygens (including phenoxy) is 1. The maximum Gasteiger partial charge on any atom is 0.407 e. The summed E-state index contributed by atoms with van der Waals surface area (Å²) in [5, 5.41) is 12.2. The molecule has 0 aliphatic heterocycles. The van der Waals surface area contributed by atoms with Crippen LogP contribution in [0.15, 0.2) is 30.3 Å². The molecule has 0 radical (unpaired) electrons. The van der Waals surface area contributed by atoms with Crippen LogP contribution in [0.4, 0.5) is 4.79 Å². The second kappa shape index (κ2) is 6.93. The molecule has 5 rings (SSSR count). The molecule has 4 bridgehead atoms. The summed E-state index contributed by atoms with van der Waals surface area (Å²) in [6, 6.07) is 9.68. The number of benzene rings is 1. The SMILES string of the molecule is O=C(O)CC1[C@@H]2CC3C[C@H]1CC(CNC(=O)OCc1ccccc1)(C3)C2. The molecule has 3 unspecified atom stereocenters. The summed E-state index contributed by atoms with van der Waals surface area (Å²) < 4.78 is 5.34. The molecule has 0 saturated heterocycles. The van der Waals surface area contributed by atoms with Gasteiger partial charge in [-0.15, -0.1) is 0 Å². The number of rotatable bonds is 6. The molecule has 0 heterocycles. The molecule has 1 aromatic carbocycles. The zero-order chi connectivity index (χ0) is 18.1. The number of amides is 1. The number of hydrogen-bond donors (Lipinski definition) is 2. The number of carboxylic acids is 1. The Labute approximate surface area is 154 Å². The summed E-state index contributed by atoms with van der Waals surface area (Å²) >= 11 is 0. The van der Waals surface area contributed by atoms with Crippen molar-refractivity contribution >= 4 is 12.1 Å². The van der Waals surface area contributed by atoms with Crippen molar-refractivity contribution in [1.82, 2.24) is 5.32 Å². The summed E-state index contributed by atoms with van der Waals surface area (Å²) in [5.41, 5.74) is 1.13. The third-order valence-electron chi connectivity index (χ3n) is 6.83. The minimum atomic E-state index is -0.667. The first-order valence-corrected chi connectivity index (χ1v) is 9.69. The highest BCUT2D eigenvalue weighted by Crippen LogP contribution is 2.62. The predicted octanol–water partition coefficient (Wildman–Crippen LogP) is 3.83. The smallest absolute Gasteiger partial charge is 0.407 e. The quantitative estimate of drug-likeness (QED) is 0.811. The van der Waals surface area contributed by atoms with E-state index in [9.17, 15) is 14.7 Å². The second-order valence-corrected chi connectivity index (χ2v) is 8.65. The van der Waals surface area contributed by atoms with E-state index in [1.54, 1.807) is 0 Å². The Morgan fingerprint density at radius 2 is 1.81 bits per heavy atom. The number of alkyl carbamates (subject to hydrolysis) is 1. The van der Waals surface area contributed by atoms with Gasteiger partial charge in [-0.3, -0.25) is 4.79 Å². The van der Waals surface area contributed by atoms with E-state index in [0.717, 1.165) is 18.4 Å². The summed E-state index contributed by atoms with van der Waals surface area (Å²) in [6.07, 6.45) is 5.58. The Bertz CT molecular complexity index is 658. The molecule has 0 aromatic heterocycles. The van der Waals surface area contributed by atoms with Gasteiger partial charge in [0.2, 0.25) is 0 Å². The van der Waals surface area contributed by atoms with Crippen LogP contribution in [0.2, 0.25) is 0 Å². The van der Waals surface area contributed by atoms with E-state index < -0.39 is 5.97 Å². The molecule has 5 atom stereocenters. The summed E-state index contributed by atoms with van der Waals surface area (Å²) in [6.45, 7) is 0.943. The lowest BCUT2D eigenvalue weighted by molar-refractivity contribution is -0.145. The van der Waals surface area contributed by atoms with Gasteiger partial charge >= 0.3 is 12.1 Å². The second-order valence-electron chi connectivity index (χ2n) is 8.65. The van der Waals surface area contributed by atoms with Gasteiger partial charge < -0.3 is 15.2 Å². The first-order valence-electron chi connectivity index (χ1n) is 9.69. The van der Waals surface area contributed by atoms with Gasteiger partial charge in [0, 0.05) is 13.0 Å². The van der Waals surface area contributed by atoms with Gasteiger partial charge in [0.1, 0.15) is 6.61 Å². The number of aliphatic carboxylic acids is 1. The van der Waals surface area contributed by atoms with Gasteiger partial charge in [-0.05, 0) is 66.8 Å². The van der Waals surface area contributed by atoms with E-state index in [0.29, 0.717) is 36.6 Å². The molecule has 1 aromatic rings. The van der Waals surface area contributed by atoms with Gasteiger partial charge in [0.05, 0.1) is 0 Å². The highest BCUT2D eigenvalue weighted by atomic mass is 16.5. The molecule has 4 fully saturated rings. The standard InChI is InChI=1S/C21H27NO4/c23-19(24)8-18-16-6-15-7-17(18)11-21(9-15,10-16)13-22-20(25)26-12-14-4-2-1-3-5-14/h1-5,15-18H,6-13H2,(H,22,25)(H,23,24)/t15?,16-,17+,18?,21?. The molecule has 0 spiro atoms. The topological polar surface area (TPSA) is 75.6 Å². The summed E-state index contributed by atoms with van der Waals surface area (Å²) in [4.78, 5) is 23.3.